The van der Waals surface area contributed by atoms with Crippen LogP contribution in [0.15, 0.2) is 36.5 Å². The largest absolute Gasteiger partial charge is 0.394 e. The lowest BCUT2D eigenvalue weighted by Crippen LogP contribution is -2.45. The van der Waals surface area contributed by atoms with E-state index in [1.54, 1.807) is 6.08 Å². The van der Waals surface area contributed by atoms with Crippen molar-refractivity contribution >= 4 is 5.91 Å². The summed E-state index contributed by atoms with van der Waals surface area (Å²) in [7, 11) is 0. The van der Waals surface area contributed by atoms with Gasteiger partial charge in [-0.1, -0.05) is 211 Å². The zero-order valence-corrected chi connectivity index (χ0v) is 34.0. The number of unbranched alkanes of at least 4 members (excludes halogenated alkanes) is 27. The van der Waals surface area contributed by atoms with E-state index in [9.17, 15) is 20.1 Å². The minimum absolute atomic E-state index is 0.00415. The molecule has 5 nitrogen and oxygen atoms in total. The molecule has 4 N–H and O–H groups in total. The first-order valence-electron chi connectivity index (χ1n) is 22.3. The van der Waals surface area contributed by atoms with Gasteiger partial charge in [-0.25, -0.2) is 0 Å². The Bertz CT molecular complexity index is 794. The highest BCUT2D eigenvalue weighted by Gasteiger charge is 2.20. The van der Waals surface area contributed by atoms with E-state index in [-0.39, 0.29) is 18.9 Å². The number of aliphatic hydroxyl groups is 3. The van der Waals surface area contributed by atoms with Gasteiger partial charge in [0.2, 0.25) is 5.91 Å². The third-order valence-electron chi connectivity index (χ3n) is 10.2. The van der Waals surface area contributed by atoms with E-state index in [4.69, 9.17) is 0 Å². The van der Waals surface area contributed by atoms with E-state index >= 15 is 0 Å². The molecule has 300 valence electrons. The van der Waals surface area contributed by atoms with Crippen molar-refractivity contribution in [3.05, 3.63) is 36.5 Å². The maximum Gasteiger partial charge on any atom is 0.222 e. The zero-order chi connectivity index (χ0) is 37.3. The van der Waals surface area contributed by atoms with E-state index < -0.39 is 18.2 Å². The Morgan fingerprint density at radius 2 is 0.843 bits per heavy atom. The summed E-state index contributed by atoms with van der Waals surface area (Å²) in [5.41, 5.74) is 0. The molecule has 0 aliphatic heterocycles. The molecule has 0 rings (SSSR count). The van der Waals surface area contributed by atoms with Crippen LogP contribution in [0, 0.1) is 0 Å². The SMILES string of the molecule is CCCCCCCCCCCCCCCCC/C=C/CC/C=C/CC/C=C/C(O)C(CO)NC(=O)CC(O)CCCCCCCCCCCCC. The summed E-state index contributed by atoms with van der Waals surface area (Å²) in [5.74, 6) is -0.330. The molecule has 0 heterocycles. The predicted molar refractivity (Wildman–Crippen MR) is 222 cm³/mol. The number of allylic oxidation sites excluding steroid dienone is 5. The molecule has 0 aromatic carbocycles. The highest BCUT2D eigenvalue weighted by molar-refractivity contribution is 5.76. The Kier molecular flexibility index (Phi) is 40.2. The van der Waals surface area contributed by atoms with Gasteiger partial charge in [0.15, 0.2) is 0 Å². The van der Waals surface area contributed by atoms with Crippen molar-refractivity contribution in [2.45, 2.75) is 244 Å². The Balaban J connectivity index is 3.70. The van der Waals surface area contributed by atoms with Crippen molar-refractivity contribution in [1.29, 1.82) is 0 Å². The van der Waals surface area contributed by atoms with Crippen LogP contribution in [0.4, 0.5) is 0 Å². The molecule has 5 heteroatoms. The number of hydrogen-bond donors (Lipinski definition) is 4. The maximum atomic E-state index is 12.4. The molecule has 51 heavy (non-hydrogen) atoms. The number of carbonyl (C=O) groups excluding carboxylic acids is 1. The van der Waals surface area contributed by atoms with E-state index in [0.29, 0.717) is 6.42 Å². The van der Waals surface area contributed by atoms with Gasteiger partial charge < -0.3 is 20.6 Å². The number of nitrogens with one attached hydrogen (secondary N) is 1. The van der Waals surface area contributed by atoms with Crippen molar-refractivity contribution in [2.75, 3.05) is 6.61 Å². The molecule has 1 amide bonds. The van der Waals surface area contributed by atoms with E-state index in [1.165, 1.54) is 161 Å². The molecule has 0 aliphatic rings. The molecule has 0 aromatic rings. The highest BCUT2D eigenvalue weighted by atomic mass is 16.3. The predicted octanol–water partition coefficient (Wildman–Crippen LogP) is 12.8. The summed E-state index contributed by atoms with van der Waals surface area (Å²) in [6.45, 7) is 4.19. The van der Waals surface area contributed by atoms with Gasteiger partial charge in [0, 0.05) is 0 Å². The van der Waals surface area contributed by atoms with E-state index in [1.807, 2.05) is 6.08 Å². The Morgan fingerprint density at radius 3 is 1.25 bits per heavy atom. The molecule has 0 saturated heterocycles. The van der Waals surface area contributed by atoms with Crippen molar-refractivity contribution in [1.82, 2.24) is 5.32 Å². The molecule has 0 aliphatic carbocycles. The Labute approximate surface area is 317 Å². The second-order valence-electron chi connectivity index (χ2n) is 15.3. The third kappa shape index (κ3) is 38.1. The smallest absolute Gasteiger partial charge is 0.222 e. The molecule has 0 aromatic heterocycles. The van der Waals surface area contributed by atoms with Crippen LogP contribution in [0.2, 0.25) is 0 Å². The van der Waals surface area contributed by atoms with Crippen LogP contribution in [-0.4, -0.2) is 46.1 Å². The van der Waals surface area contributed by atoms with Crippen LogP contribution in [0.1, 0.15) is 226 Å². The van der Waals surface area contributed by atoms with Crippen LogP contribution in [0.5, 0.6) is 0 Å². The number of aliphatic hydroxyl groups excluding tert-OH is 3. The Hall–Kier alpha value is -1.43. The average molecular weight is 718 g/mol. The standard InChI is InChI=1S/C46H87NO4/c1-3-5-7-9-11-13-15-16-17-18-19-20-21-22-23-24-25-26-27-28-30-32-34-36-38-40-45(50)44(42-48)47-46(51)41-43(49)39-37-35-33-31-29-14-12-10-8-6-4-2/h25-26,30,32,38,40,43-45,48-50H,3-24,27-29,31,33-37,39,41-42H2,1-2H3,(H,47,51)/b26-25+,32-30+,40-38+. The van der Waals surface area contributed by atoms with Gasteiger partial charge in [-0.3, -0.25) is 4.79 Å². The number of rotatable bonds is 40. The lowest BCUT2D eigenvalue weighted by atomic mass is 10.0. The summed E-state index contributed by atoms with van der Waals surface area (Å²) in [6, 6.07) is -0.764. The van der Waals surface area contributed by atoms with Crippen LogP contribution in [-0.2, 0) is 4.79 Å². The highest BCUT2D eigenvalue weighted by Crippen LogP contribution is 2.15. The van der Waals surface area contributed by atoms with Gasteiger partial charge in [-0.2, -0.15) is 0 Å². The summed E-state index contributed by atoms with van der Waals surface area (Å²) in [5, 5.41) is 33.1. The lowest BCUT2D eigenvalue weighted by Gasteiger charge is -2.21. The summed E-state index contributed by atoms with van der Waals surface area (Å²) in [4.78, 5) is 12.4. The van der Waals surface area contributed by atoms with Crippen LogP contribution < -0.4 is 5.32 Å². The molecular weight excluding hydrogens is 631 g/mol. The Morgan fingerprint density at radius 1 is 0.490 bits per heavy atom. The first-order chi connectivity index (χ1) is 25.0. The van der Waals surface area contributed by atoms with Crippen LogP contribution >= 0.6 is 0 Å². The van der Waals surface area contributed by atoms with Gasteiger partial charge in [0.1, 0.15) is 0 Å². The summed E-state index contributed by atoms with van der Waals surface area (Å²) < 4.78 is 0. The molecular formula is C46H87NO4. The fraction of sp³-hybridized carbons (Fsp3) is 0.848. The molecule has 0 spiro atoms. The molecule has 0 radical (unpaired) electrons. The molecule has 3 atom stereocenters. The summed E-state index contributed by atoms with van der Waals surface area (Å²) >= 11 is 0. The van der Waals surface area contributed by atoms with Gasteiger partial charge in [-0.05, 0) is 44.9 Å². The second-order valence-corrected chi connectivity index (χ2v) is 15.3. The number of amides is 1. The molecule has 3 unspecified atom stereocenters. The van der Waals surface area contributed by atoms with E-state index in [0.717, 1.165) is 38.5 Å². The minimum Gasteiger partial charge on any atom is -0.394 e. The fourth-order valence-electron chi connectivity index (χ4n) is 6.72. The van der Waals surface area contributed by atoms with Crippen LogP contribution in [0.3, 0.4) is 0 Å². The molecule has 0 fully saturated rings. The minimum atomic E-state index is -0.957. The van der Waals surface area contributed by atoms with Crippen molar-refractivity contribution < 1.29 is 20.1 Å². The summed E-state index contributed by atoms with van der Waals surface area (Å²) in [6.07, 6.45) is 51.6. The first-order valence-corrected chi connectivity index (χ1v) is 22.3. The topological polar surface area (TPSA) is 89.8 Å². The van der Waals surface area contributed by atoms with Crippen molar-refractivity contribution in [2.24, 2.45) is 0 Å². The zero-order valence-electron chi connectivity index (χ0n) is 34.0. The lowest BCUT2D eigenvalue weighted by molar-refractivity contribution is -0.124. The average Bonchev–Trinajstić information content (AvgIpc) is 3.12. The quantitative estimate of drug-likeness (QED) is 0.0375. The third-order valence-corrected chi connectivity index (χ3v) is 10.2. The number of carbonyl (C=O) groups is 1. The van der Waals surface area contributed by atoms with Gasteiger partial charge in [0.05, 0.1) is 31.3 Å². The monoisotopic (exact) mass is 718 g/mol. The van der Waals surface area contributed by atoms with E-state index in [2.05, 4.69) is 43.5 Å². The maximum absolute atomic E-state index is 12.4. The molecule has 0 bridgehead atoms. The van der Waals surface area contributed by atoms with Gasteiger partial charge in [0.25, 0.3) is 0 Å². The number of hydrogen-bond acceptors (Lipinski definition) is 4. The first kappa shape index (κ1) is 49.6. The van der Waals surface area contributed by atoms with Gasteiger partial charge in [-0.15, -0.1) is 0 Å². The molecule has 0 saturated carbocycles. The van der Waals surface area contributed by atoms with Crippen molar-refractivity contribution in [3.63, 3.8) is 0 Å². The van der Waals surface area contributed by atoms with Crippen molar-refractivity contribution in [3.8, 4) is 0 Å². The van der Waals surface area contributed by atoms with Crippen LogP contribution in [0.25, 0.3) is 0 Å². The second kappa shape index (κ2) is 41.3. The van der Waals surface area contributed by atoms with Gasteiger partial charge >= 0.3 is 0 Å². The fourth-order valence-corrected chi connectivity index (χ4v) is 6.72. The normalized spacial score (nSPS) is 13.9.